The third kappa shape index (κ3) is 3.64. The molecule has 0 unspecified atom stereocenters. The summed E-state index contributed by atoms with van der Waals surface area (Å²) in [5.74, 6) is -0.887. The summed E-state index contributed by atoms with van der Waals surface area (Å²) in [6.45, 7) is 1.83. The molecule has 3 rings (SSSR count). The highest BCUT2D eigenvalue weighted by Gasteiger charge is 2.28. The first kappa shape index (κ1) is 17.4. The number of furan rings is 1. The van der Waals surface area contributed by atoms with Crippen LogP contribution in [0.1, 0.15) is 44.9 Å². The number of carbonyl (C=O) groups excluding carboxylic acids is 4. The van der Waals surface area contributed by atoms with Gasteiger partial charge in [-0.3, -0.25) is 34.9 Å². The van der Waals surface area contributed by atoms with Crippen molar-refractivity contribution < 1.29 is 23.6 Å². The van der Waals surface area contributed by atoms with E-state index in [1.54, 1.807) is 31.2 Å². The second-order valence-electron chi connectivity index (χ2n) is 5.87. The average molecular weight is 355 g/mol. The van der Waals surface area contributed by atoms with E-state index in [1.807, 2.05) is 0 Å². The van der Waals surface area contributed by atoms with Crippen molar-refractivity contribution >= 4 is 23.6 Å². The van der Waals surface area contributed by atoms with Crippen LogP contribution in [0.15, 0.2) is 41.0 Å². The van der Waals surface area contributed by atoms with E-state index in [4.69, 9.17) is 4.42 Å². The molecule has 4 amide bonds. The number of aryl methyl sites for hydroxylation is 1. The molecular weight excluding hydrogens is 338 g/mol. The van der Waals surface area contributed by atoms with Gasteiger partial charge in [0.25, 0.3) is 11.8 Å². The van der Waals surface area contributed by atoms with Gasteiger partial charge in [0.05, 0.1) is 18.4 Å². The third-order valence-corrected chi connectivity index (χ3v) is 4.10. The fraction of sp³-hybridized carbons (Fsp3) is 0.222. The van der Waals surface area contributed by atoms with Gasteiger partial charge in [0.2, 0.25) is 11.8 Å². The molecule has 134 valence electrons. The summed E-state index contributed by atoms with van der Waals surface area (Å²) in [5.41, 5.74) is 6.04. The number of hydrogen-bond acceptors (Lipinski definition) is 5. The van der Waals surface area contributed by atoms with E-state index >= 15 is 0 Å². The zero-order valence-electron chi connectivity index (χ0n) is 14.1. The van der Waals surface area contributed by atoms with Gasteiger partial charge in [0.1, 0.15) is 5.76 Å². The van der Waals surface area contributed by atoms with Gasteiger partial charge in [-0.2, -0.15) is 0 Å². The smallest absolute Gasteiger partial charge is 0.273 e. The molecule has 2 heterocycles. The Morgan fingerprint density at radius 3 is 2.19 bits per heavy atom. The molecule has 8 nitrogen and oxygen atoms in total. The average Bonchev–Trinajstić information content (AvgIpc) is 3.20. The summed E-state index contributed by atoms with van der Waals surface area (Å²) in [4.78, 5) is 48.5. The van der Waals surface area contributed by atoms with E-state index < -0.39 is 11.8 Å². The van der Waals surface area contributed by atoms with Crippen molar-refractivity contribution in [3.05, 3.63) is 59.0 Å². The van der Waals surface area contributed by atoms with Crippen molar-refractivity contribution in [1.82, 2.24) is 15.8 Å². The zero-order valence-corrected chi connectivity index (χ0v) is 14.1. The Kier molecular flexibility index (Phi) is 4.83. The Morgan fingerprint density at radius 2 is 1.62 bits per heavy atom. The van der Waals surface area contributed by atoms with Crippen molar-refractivity contribution in [2.75, 3.05) is 0 Å². The van der Waals surface area contributed by atoms with Crippen LogP contribution in [0, 0.1) is 6.92 Å². The standard InChI is InChI=1S/C18H17N3O5/c1-11-14(8-9-26-11)18(25)20-19-17(24)13-4-2-12(3-5-13)10-21-15(22)6-7-16(21)23/h2-5,8-9H,6-7,10H2,1H3,(H,19,24)(H,20,25). The van der Waals surface area contributed by atoms with Gasteiger partial charge < -0.3 is 4.42 Å². The van der Waals surface area contributed by atoms with Crippen LogP contribution in [0.5, 0.6) is 0 Å². The van der Waals surface area contributed by atoms with Crippen molar-refractivity contribution in [3.8, 4) is 0 Å². The minimum Gasteiger partial charge on any atom is -0.469 e. The van der Waals surface area contributed by atoms with E-state index in [1.165, 1.54) is 17.2 Å². The molecule has 1 aromatic carbocycles. The van der Waals surface area contributed by atoms with Gasteiger partial charge in [-0.1, -0.05) is 12.1 Å². The topological polar surface area (TPSA) is 109 Å². The van der Waals surface area contributed by atoms with Gasteiger partial charge in [-0.25, -0.2) is 0 Å². The molecule has 0 radical (unpaired) electrons. The molecule has 0 spiro atoms. The number of nitrogens with one attached hydrogen (secondary N) is 2. The normalized spacial score (nSPS) is 13.8. The van der Waals surface area contributed by atoms with Crippen molar-refractivity contribution in [2.24, 2.45) is 0 Å². The molecule has 2 aromatic rings. The van der Waals surface area contributed by atoms with E-state index in [2.05, 4.69) is 10.9 Å². The highest BCUT2D eigenvalue weighted by Crippen LogP contribution is 2.16. The number of benzene rings is 1. The SMILES string of the molecule is Cc1occc1C(=O)NNC(=O)c1ccc(CN2C(=O)CCC2=O)cc1. The molecule has 2 N–H and O–H groups in total. The van der Waals surface area contributed by atoms with Crippen LogP contribution in [0.25, 0.3) is 0 Å². The molecule has 0 bridgehead atoms. The molecule has 1 aliphatic heterocycles. The van der Waals surface area contributed by atoms with Crippen molar-refractivity contribution in [3.63, 3.8) is 0 Å². The fourth-order valence-corrected chi connectivity index (χ4v) is 2.62. The molecular formula is C18H17N3O5. The zero-order chi connectivity index (χ0) is 18.7. The first-order valence-electron chi connectivity index (χ1n) is 8.02. The largest absolute Gasteiger partial charge is 0.469 e. The van der Waals surface area contributed by atoms with Gasteiger partial charge >= 0.3 is 0 Å². The summed E-state index contributed by atoms with van der Waals surface area (Å²) in [7, 11) is 0. The Morgan fingerprint density at radius 1 is 1.00 bits per heavy atom. The predicted molar refractivity (Wildman–Crippen MR) is 89.6 cm³/mol. The molecule has 1 fully saturated rings. The minimum atomic E-state index is -0.487. The maximum absolute atomic E-state index is 12.1. The molecule has 0 atom stereocenters. The van der Waals surface area contributed by atoms with Gasteiger partial charge in [-0.15, -0.1) is 0 Å². The predicted octanol–water partition coefficient (Wildman–Crippen LogP) is 1.31. The number of nitrogens with zero attached hydrogens (tertiary/aromatic N) is 1. The van der Waals surface area contributed by atoms with Gasteiger partial charge in [0.15, 0.2) is 0 Å². The number of likely N-dealkylation sites (tertiary alicyclic amines) is 1. The quantitative estimate of drug-likeness (QED) is 0.635. The summed E-state index contributed by atoms with van der Waals surface area (Å²) in [5, 5.41) is 0. The van der Waals surface area contributed by atoms with E-state index in [-0.39, 0.29) is 31.2 Å². The van der Waals surface area contributed by atoms with Crippen LogP contribution in [0.2, 0.25) is 0 Å². The lowest BCUT2D eigenvalue weighted by molar-refractivity contribution is -0.139. The first-order valence-corrected chi connectivity index (χ1v) is 8.02. The Balaban J connectivity index is 1.57. The molecule has 1 aromatic heterocycles. The number of rotatable bonds is 4. The Hall–Kier alpha value is -3.42. The van der Waals surface area contributed by atoms with Crippen molar-refractivity contribution in [1.29, 1.82) is 0 Å². The first-order chi connectivity index (χ1) is 12.5. The lowest BCUT2D eigenvalue weighted by atomic mass is 10.1. The van der Waals surface area contributed by atoms with Crippen LogP contribution in [0.4, 0.5) is 0 Å². The monoisotopic (exact) mass is 355 g/mol. The molecule has 1 aliphatic rings. The maximum atomic E-state index is 12.1. The van der Waals surface area contributed by atoms with Crippen LogP contribution in [-0.2, 0) is 16.1 Å². The van der Waals surface area contributed by atoms with Gasteiger partial charge in [-0.05, 0) is 30.7 Å². The van der Waals surface area contributed by atoms with Crippen LogP contribution >= 0.6 is 0 Å². The molecule has 8 heteroatoms. The number of carbonyl (C=O) groups is 4. The third-order valence-electron chi connectivity index (χ3n) is 4.10. The highest BCUT2D eigenvalue weighted by molar-refractivity contribution is 6.02. The van der Waals surface area contributed by atoms with E-state index in [9.17, 15) is 19.2 Å². The number of imide groups is 1. The Bertz CT molecular complexity index is 853. The summed E-state index contributed by atoms with van der Waals surface area (Å²) in [6, 6.07) is 7.95. The van der Waals surface area contributed by atoms with Crippen LogP contribution in [-0.4, -0.2) is 28.5 Å². The van der Waals surface area contributed by atoms with Crippen molar-refractivity contribution in [2.45, 2.75) is 26.3 Å². The molecule has 0 saturated carbocycles. The molecule has 0 aliphatic carbocycles. The number of amides is 4. The number of hydrogen-bond donors (Lipinski definition) is 2. The van der Waals surface area contributed by atoms with Gasteiger partial charge in [0, 0.05) is 18.4 Å². The second-order valence-corrected chi connectivity index (χ2v) is 5.87. The lowest BCUT2D eigenvalue weighted by Gasteiger charge is -2.14. The lowest BCUT2D eigenvalue weighted by Crippen LogP contribution is -2.41. The van der Waals surface area contributed by atoms with Crippen LogP contribution < -0.4 is 10.9 Å². The summed E-state index contributed by atoms with van der Waals surface area (Å²) < 4.78 is 5.03. The summed E-state index contributed by atoms with van der Waals surface area (Å²) >= 11 is 0. The number of hydrazine groups is 1. The van der Waals surface area contributed by atoms with E-state index in [0.29, 0.717) is 16.9 Å². The van der Waals surface area contributed by atoms with Crippen LogP contribution in [0.3, 0.4) is 0 Å². The maximum Gasteiger partial charge on any atom is 0.273 e. The fourth-order valence-electron chi connectivity index (χ4n) is 2.62. The minimum absolute atomic E-state index is 0.186. The Labute approximate surface area is 149 Å². The highest BCUT2D eigenvalue weighted by atomic mass is 16.3. The van der Waals surface area contributed by atoms with E-state index in [0.717, 1.165) is 5.56 Å². The molecule has 26 heavy (non-hydrogen) atoms. The second kappa shape index (κ2) is 7.22. The summed E-state index contributed by atoms with van der Waals surface area (Å²) in [6.07, 6.45) is 1.88. The molecule has 1 saturated heterocycles.